The van der Waals surface area contributed by atoms with Gasteiger partial charge in [-0.15, -0.1) is 11.6 Å². The van der Waals surface area contributed by atoms with Crippen molar-refractivity contribution in [3.8, 4) is 0 Å². The summed E-state index contributed by atoms with van der Waals surface area (Å²) in [6.45, 7) is 4.22. The molecule has 1 heterocycles. The van der Waals surface area contributed by atoms with Gasteiger partial charge in [0.2, 0.25) is 10.0 Å². The van der Waals surface area contributed by atoms with Gasteiger partial charge in [-0.1, -0.05) is 13.8 Å². The van der Waals surface area contributed by atoms with Crippen molar-refractivity contribution in [2.75, 3.05) is 24.7 Å². The van der Waals surface area contributed by atoms with Gasteiger partial charge in [-0.05, 0) is 12.3 Å². The molecule has 1 fully saturated rings. The molecule has 90 valence electrons. The van der Waals surface area contributed by atoms with Crippen molar-refractivity contribution >= 4 is 21.6 Å². The summed E-state index contributed by atoms with van der Waals surface area (Å²) < 4.78 is 24.6. The van der Waals surface area contributed by atoms with Crippen LogP contribution in [0.5, 0.6) is 0 Å². The van der Waals surface area contributed by atoms with E-state index in [1.807, 2.05) is 13.8 Å². The molecule has 0 saturated carbocycles. The maximum absolute atomic E-state index is 11.6. The number of β-amino-alcohol motifs (C(OH)–C–C–N with tert-alkyl or cyclic N) is 1. The molecule has 0 spiro atoms. The summed E-state index contributed by atoms with van der Waals surface area (Å²) in [6.07, 6.45) is 0.459. The zero-order chi connectivity index (χ0) is 11.7. The first-order chi connectivity index (χ1) is 6.82. The van der Waals surface area contributed by atoms with Crippen molar-refractivity contribution < 1.29 is 13.5 Å². The van der Waals surface area contributed by atoms with Crippen molar-refractivity contribution in [3.05, 3.63) is 0 Å². The summed E-state index contributed by atoms with van der Waals surface area (Å²) in [5, 5.41) is 9.91. The summed E-state index contributed by atoms with van der Waals surface area (Å²) in [5.74, 6) is 0.503. The molecule has 0 aromatic rings. The van der Waals surface area contributed by atoms with Gasteiger partial charge in [-0.3, -0.25) is 0 Å². The first kappa shape index (κ1) is 13.2. The molecule has 1 aliphatic heterocycles. The second kappa shape index (κ2) is 4.57. The molecule has 0 amide bonds. The molecular weight excluding hydrogens is 238 g/mol. The minimum absolute atomic E-state index is 0.0741. The van der Waals surface area contributed by atoms with Crippen LogP contribution in [0.2, 0.25) is 0 Å². The molecule has 1 N–H and O–H groups in total. The number of nitrogens with zero attached hydrogens (tertiary/aromatic N) is 1. The van der Waals surface area contributed by atoms with Crippen LogP contribution in [-0.2, 0) is 10.0 Å². The average Bonchev–Trinajstić information content (AvgIpc) is 2.09. The highest BCUT2D eigenvalue weighted by atomic mass is 35.5. The molecule has 0 aliphatic carbocycles. The zero-order valence-corrected chi connectivity index (χ0v) is 10.7. The van der Waals surface area contributed by atoms with Crippen LogP contribution in [0.15, 0.2) is 0 Å². The van der Waals surface area contributed by atoms with Crippen LogP contribution in [0.1, 0.15) is 20.3 Å². The second-order valence-corrected chi connectivity index (χ2v) is 6.85. The quantitative estimate of drug-likeness (QED) is 0.734. The molecule has 15 heavy (non-hydrogen) atoms. The van der Waals surface area contributed by atoms with Crippen molar-refractivity contribution in [1.82, 2.24) is 4.31 Å². The average molecular weight is 256 g/mol. The van der Waals surface area contributed by atoms with Crippen molar-refractivity contribution in [2.24, 2.45) is 5.92 Å². The fraction of sp³-hybridized carbons (Fsp3) is 1.00. The summed E-state index contributed by atoms with van der Waals surface area (Å²) >= 11 is 5.45. The molecular formula is C9H18ClNO3S. The van der Waals surface area contributed by atoms with E-state index >= 15 is 0 Å². The van der Waals surface area contributed by atoms with E-state index < -0.39 is 15.6 Å². The lowest BCUT2D eigenvalue weighted by atomic mass is 9.85. The first-order valence-corrected chi connectivity index (χ1v) is 7.22. The Morgan fingerprint density at radius 3 is 2.40 bits per heavy atom. The lowest BCUT2D eigenvalue weighted by Gasteiger charge is -2.47. The van der Waals surface area contributed by atoms with E-state index in [4.69, 9.17) is 11.6 Å². The monoisotopic (exact) mass is 255 g/mol. The highest BCUT2D eigenvalue weighted by molar-refractivity contribution is 7.89. The highest BCUT2D eigenvalue weighted by Crippen LogP contribution is 2.30. The van der Waals surface area contributed by atoms with E-state index in [9.17, 15) is 13.5 Å². The van der Waals surface area contributed by atoms with E-state index in [1.165, 1.54) is 4.31 Å². The van der Waals surface area contributed by atoms with Gasteiger partial charge in [0, 0.05) is 19.0 Å². The molecule has 1 rings (SSSR count). The summed E-state index contributed by atoms with van der Waals surface area (Å²) in [5.41, 5.74) is -0.839. The van der Waals surface area contributed by atoms with Gasteiger partial charge in [0.15, 0.2) is 0 Å². The van der Waals surface area contributed by atoms with Gasteiger partial charge in [0.25, 0.3) is 0 Å². The van der Waals surface area contributed by atoms with Crippen LogP contribution in [0.3, 0.4) is 0 Å². The van der Waals surface area contributed by atoms with Gasteiger partial charge in [-0.25, -0.2) is 8.42 Å². The van der Waals surface area contributed by atoms with E-state index in [0.717, 1.165) is 0 Å². The third-order valence-electron chi connectivity index (χ3n) is 2.90. The molecule has 0 aromatic carbocycles. The molecule has 0 unspecified atom stereocenters. The Balaban J connectivity index is 2.51. The molecule has 4 nitrogen and oxygen atoms in total. The number of aliphatic hydroxyl groups is 1. The normalized spacial score (nSPS) is 21.7. The van der Waals surface area contributed by atoms with Crippen LogP contribution in [0, 0.1) is 5.92 Å². The standard InChI is InChI=1S/C9H18ClNO3S/c1-8(2)9(12)6-11(7-9)15(13,14)5-3-4-10/h8,12H,3-7H2,1-2H3. The Labute approximate surface area is 96.3 Å². The van der Waals surface area contributed by atoms with Crippen molar-refractivity contribution in [2.45, 2.75) is 25.9 Å². The highest BCUT2D eigenvalue weighted by Gasteiger charge is 2.48. The topological polar surface area (TPSA) is 57.6 Å². The SMILES string of the molecule is CC(C)C1(O)CN(S(=O)(=O)CCCCl)C1. The smallest absolute Gasteiger partial charge is 0.214 e. The van der Waals surface area contributed by atoms with Crippen molar-refractivity contribution in [3.63, 3.8) is 0 Å². The predicted octanol–water partition coefficient (Wildman–Crippen LogP) is 0.648. The number of alkyl halides is 1. The van der Waals surface area contributed by atoms with Crippen LogP contribution < -0.4 is 0 Å². The Morgan fingerprint density at radius 2 is 2.00 bits per heavy atom. The Bertz CT molecular complexity index is 309. The molecule has 0 bridgehead atoms. The fourth-order valence-corrected chi connectivity index (χ4v) is 3.39. The molecule has 1 aliphatic rings. The van der Waals surface area contributed by atoms with E-state index in [2.05, 4.69) is 0 Å². The van der Waals surface area contributed by atoms with Gasteiger partial charge in [-0.2, -0.15) is 4.31 Å². The van der Waals surface area contributed by atoms with Gasteiger partial charge in [0.1, 0.15) is 0 Å². The fourth-order valence-electron chi connectivity index (χ4n) is 1.49. The second-order valence-electron chi connectivity index (χ2n) is 4.38. The first-order valence-electron chi connectivity index (χ1n) is 5.08. The molecule has 1 saturated heterocycles. The largest absolute Gasteiger partial charge is 0.387 e. The maximum Gasteiger partial charge on any atom is 0.214 e. The predicted molar refractivity (Wildman–Crippen MR) is 60.5 cm³/mol. The zero-order valence-electron chi connectivity index (χ0n) is 9.11. The third kappa shape index (κ3) is 2.84. The van der Waals surface area contributed by atoms with Gasteiger partial charge >= 0.3 is 0 Å². The van der Waals surface area contributed by atoms with Gasteiger partial charge in [0.05, 0.1) is 11.4 Å². The lowest BCUT2D eigenvalue weighted by molar-refractivity contribution is -0.0932. The van der Waals surface area contributed by atoms with E-state index in [0.29, 0.717) is 12.3 Å². The number of hydrogen-bond donors (Lipinski definition) is 1. The Hall–Kier alpha value is 0.160. The number of hydrogen-bond acceptors (Lipinski definition) is 3. The van der Waals surface area contributed by atoms with Gasteiger partial charge < -0.3 is 5.11 Å². The Morgan fingerprint density at radius 1 is 1.47 bits per heavy atom. The summed E-state index contributed by atoms with van der Waals surface area (Å²) in [6, 6.07) is 0. The molecule has 0 aromatic heterocycles. The third-order valence-corrected chi connectivity index (χ3v) is 5.02. The van der Waals surface area contributed by atoms with Crippen LogP contribution in [-0.4, -0.2) is 48.2 Å². The molecule has 0 atom stereocenters. The van der Waals surface area contributed by atoms with Crippen LogP contribution in [0.25, 0.3) is 0 Å². The van der Waals surface area contributed by atoms with Crippen LogP contribution in [0.4, 0.5) is 0 Å². The number of halogens is 1. The molecule has 0 radical (unpaired) electrons. The van der Waals surface area contributed by atoms with Crippen molar-refractivity contribution in [1.29, 1.82) is 0 Å². The Kier molecular flexibility index (Phi) is 4.03. The van der Waals surface area contributed by atoms with Crippen LogP contribution >= 0.6 is 11.6 Å². The van der Waals surface area contributed by atoms with E-state index in [1.54, 1.807) is 0 Å². The number of sulfonamides is 1. The summed E-state index contributed by atoms with van der Waals surface area (Å²) in [7, 11) is -3.20. The summed E-state index contributed by atoms with van der Waals surface area (Å²) in [4.78, 5) is 0. The minimum Gasteiger partial charge on any atom is -0.387 e. The molecule has 6 heteroatoms. The number of rotatable bonds is 5. The maximum atomic E-state index is 11.6. The minimum atomic E-state index is -3.20. The van der Waals surface area contributed by atoms with E-state index in [-0.39, 0.29) is 24.8 Å². The lowest BCUT2D eigenvalue weighted by Crippen LogP contribution is -2.66.